The second-order valence-electron chi connectivity index (χ2n) is 9.50. The minimum absolute atomic E-state index is 0.0649. The van der Waals surface area contributed by atoms with Crippen molar-refractivity contribution in [2.75, 3.05) is 38.4 Å². The van der Waals surface area contributed by atoms with Crippen LogP contribution in [0.2, 0.25) is 0 Å². The van der Waals surface area contributed by atoms with Crippen LogP contribution in [0, 0.1) is 6.92 Å². The van der Waals surface area contributed by atoms with E-state index in [0.29, 0.717) is 41.1 Å². The number of nitrogens with one attached hydrogen (secondary N) is 2. The first kappa shape index (κ1) is 28.1. The number of nitrogens with zero attached hydrogens (tertiary/aromatic N) is 3. The number of ether oxygens (including phenoxy) is 1. The van der Waals surface area contributed by atoms with E-state index in [4.69, 9.17) is 4.74 Å². The molecule has 0 radical (unpaired) electrons. The highest BCUT2D eigenvalue weighted by molar-refractivity contribution is 6.11. The Bertz CT molecular complexity index is 1580. The average molecular weight is 542 g/mol. The fourth-order valence-electron chi connectivity index (χ4n) is 4.03. The molecule has 40 heavy (non-hydrogen) atoms. The van der Waals surface area contributed by atoms with Gasteiger partial charge < -0.3 is 29.9 Å². The van der Waals surface area contributed by atoms with Crippen molar-refractivity contribution in [1.29, 1.82) is 0 Å². The lowest BCUT2D eigenvalue weighted by Gasteiger charge is -2.15. The molecule has 0 fully saturated rings. The number of aromatic hydroxyl groups is 1. The molecule has 3 N–H and O–H groups in total. The monoisotopic (exact) mass is 541 g/mol. The van der Waals surface area contributed by atoms with Crippen molar-refractivity contribution in [2.45, 2.75) is 13.5 Å². The van der Waals surface area contributed by atoms with Crippen LogP contribution in [0.25, 0.3) is 11.3 Å². The number of hydrogen-bond donors (Lipinski definition) is 3. The number of methoxy groups -OCH3 is 1. The van der Waals surface area contributed by atoms with Gasteiger partial charge in [-0.1, -0.05) is 12.1 Å². The summed E-state index contributed by atoms with van der Waals surface area (Å²) in [6.45, 7) is 3.00. The van der Waals surface area contributed by atoms with Crippen molar-refractivity contribution in [3.8, 4) is 22.8 Å². The van der Waals surface area contributed by atoms with Crippen molar-refractivity contribution >= 4 is 23.2 Å². The second kappa shape index (κ2) is 12.3. The third-order valence-corrected chi connectivity index (χ3v) is 6.22. The van der Waals surface area contributed by atoms with Gasteiger partial charge in [0, 0.05) is 42.2 Å². The summed E-state index contributed by atoms with van der Waals surface area (Å²) < 4.78 is 6.73. The van der Waals surface area contributed by atoms with Crippen molar-refractivity contribution in [3.63, 3.8) is 0 Å². The van der Waals surface area contributed by atoms with Crippen LogP contribution in [0.15, 0.2) is 77.9 Å². The lowest BCUT2D eigenvalue weighted by Crippen LogP contribution is -2.27. The fourth-order valence-corrected chi connectivity index (χ4v) is 4.03. The van der Waals surface area contributed by atoms with E-state index < -0.39 is 11.8 Å². The molecule has 0 aliphatic carbocycles. The number of carbonyl (C=O) groups is 2. The van der Waals surface area contributed by atoms with E-state index in [1.165, 1.54) is 13.2 Å². The molecule has 0 unspecified atom stereocenters. The lowest BCUT2D eigenvalue weighted by molar-refractivity contribution is 0.101. The van der Waals surface area contributed by atoms with Crippen LogP contribution < -0.4 is 20.9 Å². The van der Waals surface area contributed by atoms with Crippen LogP contribution in [0.3, 0.4) is 0 Å². The molecule has 10 nitrogen and oxygen atoms in total. The van der Waals surface area contributed by atoms with Crippen molar-refractivity contribution < 1.29 is 19.4 Å². The first-order valence-electron chi connectivity index (χ1n) is 12.6. The summed E-state index contributed by atoms with van der Waals surface area (Å²) in [4.78, 5) is 45.1. The number of hydrogen-bond acceptors (Lipinski definition) is 7. The fraction of sp³-hybridized carbons (Fsp3) is 0.200. The largest absolute Gasteiger partial charge is 0.506 e. The Kier molecular flexibility index (Phi) is 8.60. The van der Waals surface area contributed by atoms with Gasteiger partial charge in [0.25, 0.3) is 17.4 Å². The summed E-state index contributed by atoms with van der Waals surface area (Å²) in [7, 11) is 5.41. The number of phenolic OH excluding ortho intramolecular Hbond substituents is 1. The van der Waals surface area contributed by atoms with Gasteiger partial charge in [-0.15, -0.1) is 0 Å². The van der Waals surface area contributed by atoms with Crippen LogP contribution >= 0.6 is 0 Å². The van der Waals surface area contributed by atoms with Gasteiger partial charge in [0.1, 0.15) is 22.9 Å². The highest BCUT2D eigenvalue weighted by Crippen LogP contribution is 2.34. The summed E-state index contributed by atoms with van der Waals surface area (Å²) in [6.07, 6.45) is 3.23. The Labute approximate surface area is 231 Å². The lowest BCUT2D eigenvalue weighted by atomic mass is 10.1. The second-order valence-corrected chi connectivity index (χ2v) is 9.50. The Morgan fingerprint density at radius 2 is 1.60 bits per heavy atom. The Hall–Kier alpha value is -4.96. The molecule has 206 valence electrons. The van der Waals surface area contributed by atoms with E-state index in [-0.39, 0.29) is 28.4 Å². The zero-order valence-corrected chi connectivity index (χ0v) is 22.8. The van der Waals surface area contributed by atoms with Gasteiger partial charge in [-0.2, -0.15) is 0 Å². The van der Waals surface area contributed by atoms with Gasteiger partial charge >= 0.3 is 0 Å². The molecule has 0 saturated carbocycles. The highest BCUT2D eigenvalue weighted by Gasteiger charge is 2.17. The minimum atomic E-state index is -0.505. The molecule has 4 aromatic rings. The number of likely N-dealkylation sites (N-methyl/N-ethyl adjacent to an activating group) is 1. The van der Waals surface area contributed by atoms with Gasteiger partial charge in [0.2, 0.25) is 0 Å². The van der Waals surface area contributed by atoms with Crippen molar-refractivity contribution in [3.05, 3.63) is 100 Å². The van der Waals surface area contributed by atoms with E-state index in [0.717, 1.165) is 0 Å². The molecule has 0 aliphatic heterocycles. The van der Waals surface area contributed by atoms with E-state index in [1.807, 2.05) is 19.0 Å². The average Bonchev–Trinajstić information content (AvgIpc) is 2.94. The van der Waals surface area contributed by atoms with Crippen LogP contribution in [0.5, 0.6) is 11.5 Å². The van der Waals surface area contributed by atoms with E-state index >= 15 is 0 Å². The van der Waals surface area contributed by atoms with E-state index in [2.05, 4.69) is 15.6 Å². The zero-order chi connectivity index (χ0) is 28.8. The van der Waals surface area contributed by atoms with Crippen LogP contribution in [0.1, 0.15) is 26.3 Å². The van der Waals surface area contributed by atoms with Gasteiger partial charge in [0.05, 0.1) is 12.8 Å². The number of benzene rings is 3. The molecule has 4 rings (SSSR count). The Morgan fingerprint density at radius 3 is 2.23 bits per heavy atom. The third kappa shape index (κ3) is 6.54. The van der Waals surface area contributed by atoms with E-state index in [1.54, 1.807) is 78.5 Å². The maximum atomic E-state index is 13.1. The molecule has 10 heteroatoms. The maximum Gasteiger partial charge on any atom is 0.277 e. The summed E-state index contributed by atoms with van der Waals surface area (Å²) in [5.41, 5.74) is 2.31. The Balaban J connectivity index is 1.54. The molecule has 3 aromatic carbocycles. The summed E-state index contributed by atoms with van der Waals surface area (Å²) in [5.74, 6) is -0.502. The molecule has 0 saturated heterocycles. The summed E-state index contributed by atoms with van der Waals surface area (Å²) in [5, 5.41) is 16.1. The number of amides is 2. The summed E-state index contributed by atoms with van der Waals surface area (Å²) >= 11 is 0. The number of anilines is 2. The molecule has 1 aromatic heterocycles. The standard InChI is InChI=1S/C30H31N5O5/c1-19-17-24(32-28(37)22-9-11-23(40-4)12-10-22)27(25(36)18-19)33-29(38)21-7-5-20(6-8-21)26-30(39)35(14-13-31-26)16-15-34(2)3/h5-14,17-18,36H,15-16H2,1-4H3,(H,32,37)(H,33,38). The smallest absolute Gasteiger partial charge is 0.277 e. The number of rotatable bonds is 9. The number of carbonyl (C=O) groups excluding carboxylic acids is 2. The van der Waals surface area contributed by atoms with E-state index in [9.17, 15) is 19.5 Å². The molecule has 2 amide bonds. The van der Waals surface area contributed by atoms with Gasteiger partial charge in [-0.05, 0) is 75.1 Å². The third-order valence-electron chi connectivity index (χ3n) is 6.22. The van der Waals surface area contributed by atoms with Gasteiger partial charge in [0.15, 0.2) is 0 Å². The SMILES string of the molecule is COc1ccc(C(=O)Nc2cc(C)cc(O)c2NC(=O)c2ccc(-c3nccn(CCN(C)C)c3=O)cc2)cc1. The number of aromatic nitrogens is 2. The molecule has 0 bridgehead atoms. The van der Waals surface area contributed by atoms with Crippen molar-refractivity contribution in [1.82, 2.24) is 14.5 Å². The quantitative estimate of drug-likeness (QED) is 0.274. The molecule has 0 aliphatic rings. The van der Waals surface area contributed by atoms with Gasteiger partial charge in [-0.3, -0.25) is 14.4 Å². The van der Waals surface area contributed by atoms with Crippen LogP contribution in [-0.4, -0.2) is 59.1 Å². The van der Waals surface area contributed by atoms with Crippen LogP contribution in [-0.2, 0) is 6.54 Å². The first-order valence-corrected chi connectivity index (χ1v) is 12.6. The number of aryl methyl sites for hydroxylation is 1. The Morgan fingerprint density at radius 1 is 0.975 bits per heavy atom. The zero-order valence-electron chi connectivity index (χ0n) is 22.8. The minimum Gasteiger partial charge on any atom is -0.506 e. The topological polar surface area (TPSA) is 126 Å². The van der Waals surface area contributed by atoms with Gasteiger partial charge in [-0.25, -0.2) is 4.98 Å². The first-order chi connectivity index (χ1) is 19.2. The predicted octanol–water partition coefficient (Wildman–Crippen LogP) is 4.00. The molecular weight excluding hydrogens is 510 g/mol. The highest BCUT2D eigenvalue weighted by atomic mass is 16.5. The molecule has 0 spiro atoms. The van der Waals surface area contributed by atoms with Crippen LogP contribution in [0.4, 0.5) is 11.4 Å². The molecule has 0 atom stereocenters. The summed E-state index contributed by atoms with van der Waals surface area (Å²) in [6, 6.07) is 16.1. The molecule has 1 heterocycles. The predicted molar refractivity (Wildman–Crippen MR) is 154 cm³/mol. The normalized spacial score (nSPS) is 10.8. The number of phenols is 1. The van der Waals surface area contributed by atoms with Crippen molar-refractivity contribution in [2.24, 2.45) is 0 Å². The molecular formula is C30H31N5O5. The maximum absolute atomic E-state index is 13.1.